The summed E-state index contributed by atoms with van der Waals surface area (Å²) in [4.78, 5) is 14.6. The average molecular weight is 397 g/mol. The number of anilines is 2. The zero-order chi connectivity index (χ0) is 18.2. The van der Waals surface area contributed by atoms with Gasteiger partial charge >= 0.3 is 0 Å². The predicted octanol–water partition coefficient (Wildman–Crippen LogP) is 4.54. The molecule has 3 heterocycles. The highest BCUT2D eigenvalue weighted by atomic mass is 35.5. The minimum absolute atomic E-state index is 0.744. The molecule has 0 spiro atoms. The maximum Gasteiger partial charge on any atom is 0.227 e. The Kier molecular flexibility index (Phi) is 7.77. The van der Waals surface area contributed by atoms with Gasteiger partial charge in [-0.05, 0) is 30.7 Å². The molecule has 0 amide bonds. The quantitative estimate of drug-likeness (QED) is 0.435. The molecule has 7 heteroatoms. The second kappa shape index (κ2) is 10.3. The van der Waals surface area contributed by atoms with Gasteiger partial charge in [0.25, 0.3) is 0 Å². The maximum absolute atomic E-state index is 5.82. The second-order valence-electron chi connectivity index (χ2n) is 6.67. The largest absolute Gasteiger partial charge is 0.378 e. The minimum Gasteiger partial charge on any atom is -0.378 e. The summed E-state index contributed by atoms with van der Waals surface area (Å²) in [5.74, 6) is 2.69. The summed E-state index contributed by atoms with van der Waals surface area (Å²) in [6.45, 7) is 7.56. The molecule has 0 unspecified atom stereocenters. The van der Waals surface area contributed by atoms with Crippen LogP contribution in [0.3, 0.4) is 0 Å². The molecule has 0 N–H and O–H groups in total. The summed E-state index contributed by atoms with van der Waals surface area (Å²) in [6.07, 6.45) is 5.70. The molecule has 1 saturated heterocycles. The van der Waals surface area contributed by atoms with Crippen molar-refractivity contribution in [2.24, 2.45) is 0 Å². The molecule has 0 bridgehead atoms. The van der Waals surface area contributed by atoms with E-state index in [1.807, 2.05) is 0 Å². The fourth-order valence-electron chi connectivity index (χ4n) is 3.20. The summed E-state index contributed by atoms with van der Waals surface area (Å²) in [6, 6.07) is 2.11. The van der Waals surface area contributed by atoms with Crippen molar-refractivity contribution in [1.82, 2.24) is 9.97 Å². The van der Waals surface area contributed by atoms with Crippen molar-refractivity contribution in [3.63, 3.8) is 0 Å². The molecular formula is C19H29ClN4OS. The van der Waals surface area contributed by atoms with Gasteiger partial charge in [-0.15, -0.1) is 22.9 Å². The van der Waals surface area contributed by atoms with Gasteiger partial charge in [-0.2, -0.15) is 4.98 Å². The zero-order valence-electron chi connectivity index (χ0n) is 15.6. The van der Waals surface area contributed by atoms with Gasteiger partial charge in [-0.1, -0.05) is 19.8 Å². The van der Waals surface area contributed by atoms with Crippen molar-refractivity contribution < 1.29 is 4.74 Å². The smallest absolute Gasteiger partial charge is 0.227 e. The van der Waals surface area contributed by atoms with E-state index in [0.717, 1.165) is 88.2 Å². The lowest BCUT2D eigenvalue weighted by molar-refractivity contribution is 0.122. The van der Waals surface area contributed by atoms with Crippen LogP contribution in [0.15, 0.2) is 11.4 Å². The standard InChI is InChI=1S/C19H29ClN4OS/c1-2-3-9-24(10-6-4-5-8-20)19-21-16-7-15-26-17(16)18(22-19)23-11-13-25-14-12-23/h7,15H,2-6,8-14H2,1H3. The van der Waals surface area contributed by atoms with Crippen LogP contribution >= 0.6 is 22.9 Å². The van der Waals surface area contributed by atoms with Crippen LogP contribution < -0.4 is 9.80 Å². The van der Waals surface area contributed by atoms with E-state index in [1.165, 1.54) is 11.1 Å². The molecule has 26 heavy (non-hydrogen) atoms. The highest BCUT2D eigenvalue weighted by Crippen LogP contribution is 2.31. The Hall–Kier alpha value is -1.11. The lowest BCUT2D eigenvalue weighted by Gasteiger charge is -2.30. The van der Waals surface area contributed by atoms with Crippen LogP contribution in [0.25, 0.3) is 10.2 Å². The van der Waals surface area contributed by atoms with Gasteiger partial charge in [0.1, 0.15) is 0 Å². The predicted molar refractivity (Wildman–Crippen MR) is 112 cm³/mol. The summed E-state index contributed by atoms with van der Waals surface area (Å²) in [7, 11) is 0. The number of halogens is 1. The van der Waals surface area contributed by atoms with Gasteiger partial charge in [0.15, 0.2) is 5.82 Å². The van der Waals surface area contributed by atoms with Crippen LogP contribution in [0.1, 0.15) is 39.0 Å². The maximum atomic E-state index is 5.82. The van der Waals surface area contributed by atoms with Gasteiger partial charge in [0, 0.05) is 32.1 Å². The molecule has 0 aromatic carbocycles. The summed E-state index contributed by atoms with van der Waals surface area (Å²) in [5.41, 5.74) is 1.06. The molecule has 3 rings (SSSR count). The van der Waals surface area contributed by atoms with Gasteiger partial charge in [-0.25, -0.2) is 4.98 Å². The summed E-state index contributed by atoms with van der Waals surface area (Å²) in [5, 5.41) is 2.12. The lowest BCUT2D eigenvalue weighted by atomic mass is 10.2. The molecule has 0 atom stereocenters. The van der Waals surface area contributed by atoms with E-state index >= 15 is 0 Å². The average Bonchev–Trinajstić information content (AvgIpc) is 3.16. The van der Waals surface area contributed by atoms with Gasteiger partial charge in [-0.3, -0.25) is 0 Å². The second-order valence-corrected chi connectivity index (χ2v) is 7.97. The van der Waals surface area contributed by atoms with Crippen molar-refractivity contribution in [1.29, 1.82) is 0 Å². The topological polar surface area (TPSA) is 41.5 Å². The fourth-order valence-corrected chi connectivity index (χ4v) is 4.24. The van der Waals surface area contributed by atoms with Crippen molar-refractivity contribution in [2.45, 2.75) is 39.0 Å². The summed E-state index contributed by atoms with van der Waals surface area (Å²) >= 11 is 7.55. The first-order valence-electron chi connectivity index (χ1n) is 9.72. The number of ether oxygens (including phenoxy) is 1. The number of nitrogens with zero attached hydrogens (tertiary/aromatic N) is 4. The van der Waals surface area contributed by atoms with E-state index in [1.54, 1.807) is 11.3 Å². The third-order valence-electron chi connectivity index (χ3n) is 4.71. The van der Waals surface area contributed by atoms with Crippen LogP contribution in [-0.2, 0) is 4.74 Å². The number of hydrogen-bond donors (Lipinski definition) is 0. The molecule has 2 aromatic heterocycles. The van der Waals surface area contributed by atoms with E-state index in [4.69, 9.17) is 26.3 Å². The zero-order valence-corrected chi connectivity index (χ0v) is 17.2. The molecule has 0 aliphatic carbocycles. The first-order chi connectivity index (χ1) is 12.8. The number of morpholine rings is 1. The Morgan fingerprint density at radius 3 is 2.73 bits per heavy atom. The lowest BCUT2D eigenvalue weighted by Crippen LogP contribution is -2.37. The van der Waals surface area contributed by atoms with E-state index in [2.05, 4.69) is 28.2 Å². The van der Waals surface area contributed by atoms with Crippen molar-refractivity contribution >= 4 is 44.9 Å². The number of unbranched alkanes of at least 4 members (excludes halogenated alkanes) is 3. The van der Waals surface area contributed by atoms with E-state index in [-0.39, 0.29) is 0 Å². The number of fused-ring (bicyclic) bond motifs is 1. The Labute approximate surface area is 165 Å². The minimum atomic E-state index is 0.744. The highest BCUT2D eigenvalue weighted by molar-refractivity contribution is 7.17. The number of alkyl halides is 1. The first-order valence-corrected chi connectivity index (χ1v) is 11.1. The molecular weight excluding hydrogens is 368 g/mol. The molecule has 1 aliphatic heterocycles. The Morgan fingerprint density at radius 2 is 1.96 bits per heavy atom. The Morgan fingerprint density at radius 1 is 1.15 bits per heavy atom. The molecule has 1 fully saturated rings. The fraction of sp³-hybridized carbons (Fsp3) is 0.684. The van der Waals surface area contributed by atoms with Crippen LogP contribution in [0, 0.1) is 0 Å². The SMILES string of the molecule is CCCCN(CCCCCCl)c1nc(N2CCOCC2)c2sccc2n1. The van der Waals surface area contributed by atoms with Crippen LogP contribution in [0.2, 0.25) is 0 Å². The Bertz CT molecular complexity index is 675. The molecule has 0 radical (unpaired) electrons. The van der Waals surface area contributed by atoms with E-state index in [0.29, 0.717) is 0 Å². The Balaban J connectivity index is 1.84. The normalized spacial score (nSPS) is 14.9. The van der Waals surface area contributed by atoms with Crippen LogP contribution in [0.5, 0.6) is 0 Å². The van der Waals surface area contributed by atoms with E-state index in [9.17, 15) is 0 Å². The number of thiophene rings is 1. The third-order valence-corrected chi connectivity index (χ3v) is 5.88. The number of aromatic nitrogens is 2. The van der Waals surface area contributed by atoms with Crippen molar-refractivity contribution in [3.8, 4) is 0 Å². The third kappa shape index (κ3) is 4.99. The van der Waals surface area contributed by atoms with Crippen LogP contribution in [0.4, 0.5) is 11.8 Å². The molecule has 5 nitrogen and oxygen atoms in total. The molecule has 2 aromatic rings. The first kappa shape index (κ1) is 19.6. The van der Waals surface area contributed by atoms with E-state index < -0.39 is 0 Å². The van der Waals surface area contributed by atoms with Crippen LogP contribution in [-0.4, -0.2) is 55.2 Å². The number of rotatable bonds is 10. The van der Waals surface area contributed by atoms with Gasteiger partial charge in [0.2, 0.25) is 5.95 Å². The molecule has 0 saturated carbocycles. The van der Waals surface area contributed by atoms with Crippen molar-refractivity contribution in [3.05, 3.63) is 11.4 Å². The van der Waals surface area contributed by atoms with Gasteiger partial charge < -0.3 is 14.5 Å². The van der Waals surface area contributed by atoms with Crippen molar-refractivity contribution in [2.75, 3.05) is 55.1 Å². The molecule has 144 valence electrons. The monoisotopic (exact) mass is 396 g/mol. The summed E-state index contributed by atoms with van der Waals surface area (Å²) < 4.78 is 6.71. The van der Waals surface area contributed by atoms with Gasteiger partial charge in [0.05, 0.1) is 23.4 Å². The molecule has 1 aliphatic rings. The highest BCUT2D eigenvalue weighted by Gasteiger charge is 2.20. The number of hydrogen-bond acceptors (Lipinski definition) is 6.